The molecule has 0 spiro atoms. The molecule has 330 valence electrons. The molecule has 0 heterocycles. The monoisotopic (exact) mass is 850 g/mol. The molecule has 0 saturated carbocycles. The first-order chi connectivity index (χ1) is 27.1. The fourth-order valence-electron chi connectivity index (χ4n) is 4.99. The van der Waals surface area contributed by atoms with E-state index in [2.05, 4.69) is 41.1 Å². The van der Waals surface area contributed by atoms with Gasteiger partial charge in [0.05, 0.1) is 25.9 Å². The van der Waals surface area contributed by atoms with E-state index in [0.29, 0.717) is 25.7 Å². The van der Waals surface area contributed by atoms with Crippen molar-refractivity contribution in [3.05, 3.63) is 60.8 Å². The van der Waals surface area contributed by atoms with Crippen LogP contribution < -0.4 is 0 Å². The van der Waals surface area contributed by atoms with Crippen molar-refractivity contribution in [2.45, 2.75) is 155 Å². The Balaban J connectivity index is 4.68. The number of ether oxygens (including phenoxy) is 2. The first kappa shape index (κ1) is 54.8. The topological polar surface area (TPSA) is 216 Å². The predicted molar refractivity (Wildman–Crippen MR) is 222 cm³/mol. The second kappa shape index (κ2) is 35.7. The molecule has 0 saturated heterocycles. The van der Waals surface area contributed by atoms with Gasteiger partial charge in [-0.3, -0.25) is 23.2 Å². The van der Waals surface area contributed by atoms with E-state index in [9.17, 15) is 33.8 Å². The zero-order valence-electron chi connectivity index (χ0n) is 34.4. The Bertz CT molecular complexity index is 1270. The van der Waals surface area contributed by atoms with Crippen LogP contribution in [-0.4, -0.2) is 81.6 Å². The highest BCUT2D eigenvalue weighted by Crippen LogP contribution is 2.43. The first-order valence-corrected chi connectivity index (χ1v) is 23.5. The molecule has 0 radical (unpaired) electrons. The van der Waals surface area contributed by atoms with Crippen LogP contribution in [0.25, 0.3) is 0 Å². The van der Waals surface area contributed by atoms with Gasteiger partial charge in [-0.25, -0.2) is 9.13 Å². The fraction of sp³-hybridized carbons (Fsp3) is 0.707. The van der Waals surface area contributed by atoms with Crippen LogP contribution in [0.4, 0.5) is 0 Å². The molecule has 4 atom stereocenters. The van der Waals surface area contributed by atoms with Gasteiger partial charge in [0.15, 0.2) is 6.10 Å². The summed E-state index contributed by atoms with van der Waals surface area (Å²) in [5.74, 6) is -0.372. The van der Waals surface area contributed by atoms with Gasteiger partial charge in [0.25, 0.3) is 0 Å². The lowest BCUT2D eigenvalue weighted by Crippen LogP contribution is -2.29. The second-order valence-electron chi connectivity index (χ2n) is 14.2. The smallest absolute Gasteiger partial charge is 0.462 e. The van der Waals surface area contributed by atoms with Gasteiger partial charge in [0, 0.05) is 12.8 Å². The van der Waals surface area contributed by atoms with Crippen molar-refractivity contribution in [1.29, 1.82) is 0 Å². The molecular formula is C41H72O14P2. The minimum absolute atomic E-state index is 0.0375. The number of rotatable bonds is 37. The number of unbranched alkanes of at least 4 members (excludes halogenated alkanes) is 9. The SMILES string of the molecule is CC[C@@H](O)/C=C/C=C\C/C=C\C/C=C\C/C=C\CCCC(=O)O[C@H](COC(=O)CCCCCCCCCCCC(C)C)COP(=O)(O)OC[C@@H](O)COP(=O)(O)O. The number of aliphatic hydroxyl groups excluding tert-OH is 2. The highest BCUT2D eigenvalue weighted by Gasteiger charge is 2.28. The summed E-state index contributed by atoms with van der Waals surface area (Å²) in [6.07, 6.45) is 31.9. The van der Waals surface area contributed by atoms with Gasteiger partial charge in [-0.1, -0.05) is 139 Å². The molecule has 5 N–H and O–H groups in total. The number of hydrogen-bond donors (Lipinski definition) is 5. The van der Waals surface area contributed by atoms with E-state index < -0.39 is 72.3 Å². The summed E-state index contributed by atoms with van der Waals surface area (Å²) in [7, 11) is -9.70. The average molecular weight is 851 g/mol. The summed E-state index contributed by atoms with van der Waals surface area (Å²) in [5.41, 5.74) is 0. The molecular weight excluding hydrogens is 778 g/mol. The maximum absolute atomic E-state index is 12.6. The second-order valence-corrected chi connectivity index (χ2v) is 16.9. The molecule has 0 fully saturated rings. The van der Waals surface area contributed by atoms with E-state index in [1.165, 1.54) is 38.5 Å². The van der Waals surface area contributed by atoms with Crippen LogP contribution in [-0.2, 0) is 41.8 Å². The Labute approximate surface area is 341 Å². The standard InChI is InChI=1S/C41H72O14P2/c1-4-37(42)29-25-21-17-13-9-7-5-6-8-10-14-19-23-27-31-41(45)55-39(35-54-57(49,50)53-33-38(43)32-52-56(46,47)48)34-51-40(44)30-26-22-18-15-11-12-16-20-24-28-36(2)3/h6-9,14,17,19,21,25,29,36-39,42-43H,4-5,10-13,15-16,18,20,22-24,26-28,30-35H2,1-3H3,(H,49,50)(H2,46,47,48)/b8-6-,9-7-,19-14-,21-17-,29-25+/t37-,38+,39-/m1/s1. The Morgan fingerprint density at radius 2 is 1.14 bits per heavy atom. The van der Waals surface area contributed by atoms with Gasteiger partial charge in [-0.2, -0.15) is 0 Å². The lowest BCUT2D eigenvalue weighted by Gasteiger charge is -2.20. The molecule has 0 rings (SSSR count). The molecule has 0 aliphatic heterocycles. The number of phosphoric ester groups is 2. The summed E-state index contributed by atoms with van der Waals surface area (Å²) in [5, 5.41) is 19.2. The van der Waals surface area contributed by atoms with Gasteiger partial charge in [-0.05, 0) is 50.9 Å². The summed E-state index contributed by atoms with van der Waals surface area (Å²) in [6, 6.07) is 0. The lowest BCUT2D eigenvalue weighted by molar-refractivity contribution is -0.161. The van der Waals surface area contributed by atoms with Crippen LogP contribution >= 0.6 is 15.6 Å². The zero-order chi connectivity index (χ0) is 42.6. The normalized spacial score (nSPS) is 15.4. The predicted octanol–water partition coefficient (Wildman–Crippen LogP) is 8.88. The van der Waals surface area contributed by atoms with Gasteiger partial charge >= 0.3 is 27.6 Å². The van der Waals surface area contributed by atoms with Crippen molar-refractivity contribution in [2.24, 2.45) is 5.92 Å². The van der Waals surface area contributed by atoms with Crippen LogP contribution in [0.15, 0.2) is 60.8 Å². The molecule has 57 heavy (non-hydrogen) atoms. The molecule has 0 aromatic heterocycles. The quantitative estimate of drug-likeness (QED) is 0.0130. The van der Waals surface area contributed by atoms with Crippen molar-refractivity contribution in [3.8, 4) is 0 Å². The Hall–Kier alpha value is -2.22. The summed E-state index contributed by atoms with van der Waals surface area (Å²) >= 11 is 0. The minimum Gasteiger partial charge on any atom is -0.462 e. The van der Waals surface area contributed by atoms with Crippen molar-refractivity contribution < 1.29 is 66.7 Å². The molecule has 16 heteroatoms. The number of carbonyl (C=O) groups is 2. The van der Waals surface area contributed by atoms with Gasteiger partial charge in [-0.15, -0.1) is 0 Å². The van der Waals surface area contributed by atoms with Crippen LogP contribution in [0, 0.1) is 5.92 Å². The van der Waals surface area contributed by atoms with Crippen molar-refractivity contribution in [1.82, 2.24) is 0 Å². The zero-order valence-corrected chi connectivity index (χ0v) is 36.2. The van der Waals surface area contributed by atoms with Gasteiger partial charge in [0.1, 0.15) is 12.7 Å². The first-order valence-electron chi connectivity index (χ1n) is 20.4. The molecule has 1 unspecified atom stereocenters. The van der Waals surface area contributed by atoms with Crippen LogP contribution in [0.1, 0.15) is 136 Å². The van der Waals surface area contributed by atoms with E-state index in [1.807, 2.05) is 43.4 Å². The van der Waals surface area contributed by atoms with E-state index in [-0.39, 0.29) is 12.8 Å². The maximum atomic E-state index is 12.6. The molecule has 0 aliphatic carbocycles. The summed E-state index contributed by atoms with van der Waals surface area (Å²) in [6.45, 7) is 3.61. The number of hydrogen-bond acceptors (Lipinski definition) is 11. The lowest BCUT2D eigenvalue weighted by atomic mass is 10.0. The Morgan fingerprint density at radius 3 is 1.74 bits per heavy atom. The van der Waals surface area contributed by atoms with E-state index >= 15 is 0 Å². The average Bonchev–Trinajstić information content (AvgIpc) is 3.15. The summed E-state index contributed by atoms with van der Waals surface area (Å²) < 4.78 is 47.6. The van der Waals surface area contributed by atoms with Crippen molar-refractivity contribution >= 4 is 27.6 Å². The molecule has 0 aromatic rings. The van der Waals surface area contributed by atoms with E-state index in [4.69, 9.17) is 23.8 Å². The van der Waals surface area contributed by atoms with E-state index in [0.717, 1.165) is 44.4 Å². The third-order valence-electron chi connectivity index (χ3n) is 8.25. The fourth-order valence-corrected chi connectivity index (χ4v) is 6.14. The highest BCUT2D eigenvalue weighted by molar-refractivity contribution is 7.47. The Kier molecular flexibility index (Phi) is 34.3. The number of aliphatic hydroxyl groups is 2. The Morgan fingerprint density at radius 1 is 0.614 bits per heavy atom. The van der Waals surface area contributed by atoms with Gasteiger partial charge in [0.2, 0.25) is 0 Å². The number of esters is 2. The number of phosphoric acid groups is 2. The molecule has 0 bridgehead atoms. The minimum atomic E-state index is -4.87. The van der Waals surface area contributed by atoms with Crippen LogP contribution in [0.3, 0.4) is 0 Å². The molecule has 0 aliphatic rings. The molecule has 14 nitrogen and oxygen atoms in total. The third kappa shape index (κ3) is 40.3. The largest absolute Gasteiger partial charge is 0.472 e. The summed E-state index contributed by atoms with van der Waals surface area (Å²) in [4.78, 5) is 52.5. The number of allylic oxidation sites excluding steroid dienone is 9. The number of carbonyl (C=O) groups excluding carboxylic acids is 2. The van der Waals surface area contributed by atoms with Gasteiger partial charge < -0.3 is 34.4 Å². The molecule has 0 aromatic carbocycles. The third-order valence-corrected chi connectivity index (χ3v) is 9.68. The maximum Gasteiger partial charge on any atom is 0.472 e. The van der Waals surface area contributed by atoms with Crippen LogP contribution in [0.5, 0.6) is 0 Å². The highest BCUT2D eigenvalue weighted by atomic mass is 31.2. The van der Waals surface area contributed by atoms with Crippen molar-refractivity contribution in [3.63, 3.8) is 0 Å². The molecule has 0 amide bonds. The van der Waals surface area contributed by atoms with E-state index in [1.54, 1.807) is 6.08 Å². The van der Waals surface area contributed by atoms with Crippen LogP contribution in [0.2, 0.25) is 0 Å². The van der Waals surface area contributed by atoms with Crippen molar-refractivity contribution in [2.75, 3.05) is 26.4 Å².